The van der Waals surface area contributed by atoms with Crippen LogP contribution in [0.15, 0.2) is 83.8 Å². The fraction of sp³-hybridized carbons (Fsp3) is 0.192. The zero-order chi connectivity index (χ0) is 21.6. The lowest BCUT2D eigenvalue weighted by molar-refractivity contribution is 0.0952. The summed E-state index contributed by atoms with van der Waals surface area (Å²) in [5.41, 5.74) is 3.81. The molecule has 0 saturated heterocycles. The Hall–Kier alpha value is -3.73. The molecule has 0 aliphatic carbocycles. The van der Waals surface area contributed by atoms with Gasteiger partial charge < -0.3 is 9.88 Å². The van der Waals surface area contributed by atoms with E-state index in [-0.39, 0.29) is 11.5 Å². The van der Waals surface area contributed by atoms with Gasteiger partial charge in [-0.3, -0.25) is 14.6 Å². The number of benzene rings is 2. The Labute approximate surface area is 181 Å². The van der Waals surface area contributed by atoms with Gasteiger partial charge in [0.15, 0.2) is 0 Å². The summed E-state index contributed by atoms with van der Waals surface area (Å²) in [6, 6.07) is 23.5. The average Bonchev–Trinajstić information content (AvgIpc) is 2.79. The van der Waals surface area contributed by atoms with Crippen LogP contribution in [0.2, 0.25) is 0 Å². The Morgan fingerprint density at radius 3 is 2.35 bits per heavy atom. The lowest BCUT2D eigenvalue weighted by Gasteiger charge is -2.11. The first-order valence-electron chi connectivity index (χ1n) is 10.5. The van der Waals surface area contributed by atoms with Crippen LogP contribution < -0.4 is 10.9 Å². The Kier molecular flexibility index (Phi) is 6.22. The van der Waals surface area contributed by atoms with Gasteiger partial charge in [-0.05, 0) is 43.0 Å². The number of carbonyl (C=O) groups is 1. The maximum Gasteiger partial charge on any atom is 0.260 e. The second-order valence-electron chi connectivity index (χ2n) is 7.63. The Morgan fingerprint density at radius 1 is 0.968 bits per heavy atom. The van der Waals surface area contributed by atoms with Crippen molar-refractivity contribution in [3.8, 4) is 0 Å². The van der Waals surface area contributed by atoms with Crippen LogP contribution in [0.5, 0.6) is 0 Å². The number of carbonyl (C=O) groups excluding carboxylic acids is 1. The van der Waals surface area contributed by atoms with Crippen LogP contribution >= 0.6 is 0 Å². The summed E-state index contributed by atoms with van der Waals surface area (Å²) in [5, 5.41) is 3.42. The third-order valence-electron chi connectivity index (χ3n) is 5.36. The molecule has 0 atom stereocenters. The number of rotatable bonds is 7. The van der Waals surface area contributed by atoms with E-state index in [1.807, 2.05) is 54.6 Å². The minimum absolute atomic E-state index is 0.146. The van der Waals surface area contributed by atoms with Gasteiger partial charge >= 0.3 is 0 Å². The van der Waals surface area contributed by atoms with Gasteiger partial charge in [0.1, 0.15) is 0 Å². The van der Waals surface area contributed by atoms with Crippen molar-refractivity contribution in [2.45, 2.75) is 26.3 Å². The summed E-state index contributed by atoms with van der Waals surface area (Å²) < 4.78 is 1.65. The van der Waals surface area contributed by atoms with Crippen molar-refractivity contribution in [2.24, 2.45) is 0 Å². The minimum atomic E-state index is -0.196. The van der Waals surface area contributed by atoms with Crippen LogP contribution in [0.4, 0.5) is 0 Å². The number of nitrogens with one attached hydrogen (secondary N) is 1. The SMILES string of the molecule is Cc1nc2ccn(Cc3ccccc3)c(=O)c2cc1C(=O)NCCCc1ccccc1. The summed E-state index contributed by atoms with van der Waals surface area (Å²) in [5.74, 6) is -0.196. The molecular weight excluding hydrogens is 386 g/mol. The molecule has 0 aliphatic heterocycles. The number of nitrogens with zero attached hydrogens (tertiary/aromatic N) is 2. The van der Waals surface area contributed by atoms with E-state index in [1.54, 1.807) is 23.8 Å². The highest BCUT2D eigenvalue weighted by atomic mass is 16.1. The van der Waals surface area contributed by atoms with E-state index in [4.69, 9.17) is 0 Å². The smallest absolute Gasteiger partial charge is 0.260 e. The first-order valence-corrected chi connectivity index (χ1v) is 10.5. The van der Waals surface area contributed by atoms with Crippen LogP contribution in [0.25, 0.3) is 10.9 Å². The molecule has 0 unspecified atom stereocenters. The van der Waals surface area contributed by atoms with E-state index in [0.717, 1.165) is 18.4 Å². The molecule has 0 spiro atoms. The van der Waals surface area contributed by atoms with E-state index in [1.165, 1.54) is 5.56 Å². The Morgan fingerprint density at radius 2 is 1.65 bits per heavy atom. The quantitative estimate of drug-likeness (QED) is 0.466. The van der Waals surface area contributed by atoms with Gasteiger partial charge in [-0.1, -0.05) is 60.7 Å². The molecule has 31 heavy (non-hydrogen) atoms. The number of hydrogen-bond acceptors (Lipinski definition) is 3. The summed E-state index contributed by atoms with van der Waals surface area (Å²) in [4.78, 5) is 30.3. The van der Waals surface area contributed by atoms with Gasteiger partial charge in [-0.25, -0.2) is 0 Å². The molecule has 1 amide bonds. The van der Waals surface area contributed by atoms with Gasteiger partial charge in [0.2, 0.25) is 0 Å². The topological polar surface area (TPSA) is 64.0 Å². The third kappa shape index (κ3) is 4.89. The maximum atomic E-state index is 13.0. The van der Waals surface area contributed by atoms with Crippen LogP contribution in [-0.4, -0.2) is 22.0 Å². The van der Waals surface area contributed by atoms with Crippen molar-refractivity contribution in [3.63, 3.8) is 0 Å². The fourth-order valence-electron chi connectivity index (χ4n) is 3.67. The molecule has 4 aromatic rings. The molecule has 2 aromatic carbocycles. The zero-order valence-corrected chi connectivity index (χ0v) is 17.5. The molecule has 1 N–H and O–H groups in total. The van der Waals surface area contributed by atoms with E-state index in [2.05, 4.69) is 22.4 Å². The van der Waals surface area contributed by atoms with Gasteiger partial charge in [0.05, 0.1) is 28.7 Å². The highest BCUT2D eigenvalue weighted by Gasteiger charge is 2.14. The van der Waals surface area contributed by atoms with Crippen molar-refractivity contribution < 1.29 is 4.79 Å². The standard InChI is InChI=1S/C26H25N3O2/c1-19-22(25(30)27-15-8-13-20-9-4-2-5-10-20)17-23-24(28-19)14-16-29(26(23)31)18-21-11-6-3-7-12-21/h2-7,9-12,14,16-17H,8,13,15,18H2,1H3,(H,27,30). The zero-order valence-electron chi connectivity index (χ0n) is 17.5. The molecule has 0 fully saturated rings. The lowest BCUT2D eigenvalue weighted by atomic mass is 10.1. The summed E-state index contributed by atoms with van der Waals surface area (Å²) in [7, 11) is 0. The molecule has 156 valence electrons. The maximum absolute atomic E-state index is 13.0. The highest BCUT2D eigenvalue weighted by molar-refractivity contribution is 5.98. The van der Waals surface area contributed by atoms with Crippen molar-refractivity contribution in [3.05, 3.63) is 112 Å². The minimum Gasteiger partial charge on any atom is -0.352 e. The lowest BCUT2D eigenvalue weighted by Crippen LogP contribution is -2.27. The molecule has 2 aromatic heterocycles. The van der Waals surface area contributed by atoms with Crippen LogP contribution in [-0.2, 0) is 13.0 Å². The molecule has 0 saturated carbocycles. The third-order valence-corrected chi connectivity index (χ3v) is 5.36. The highest BCUT2D eigenvalue weighted by Crippen LogP contribution is 2.14. The first-order chi connectivity index (χ1) is 15.1. The van der Waals surface area contributed by atoms with Crippen molar-refractivity contribution in [1.29, 1.82) is 0 Å². The van der Waals surface area contributed by atoms with E-state index in [0.29, 0.717) is 35.2 Å². The van der Waals surface area contributed by atoms with Crippen molar-refractivity contribution >= 4 is 16.8 Å². The largest absolute Gasteiger partial charge is 0.352 e. The molecule has 4 rings (SSSR count). The van der Waals surface area contributed by atoms with Crippen molar-refractivity contribution in [2.75, 3.05) is 6.54 Å². The summed E-state index contributed by atoms with van der Waals surface area (Å²) >= 11 is 0. The second kappa shape index (κ2) is 9.39. The molecule has 0 radical (unpaired) electrons. The van der Waals surface area contributed by atoms with Crippen molar-refractivity contribution in [1.82, 2.24) is 14.9 Å². The molecule has 5 heteroatoms. The fourth-order valence-corrected chi connectivity index (χ4v) is 3.67. The van der Waals surface area contributed by atoms with Gasteiger partial charge in [-0.15, -0.1) is 0 Å². The molecule has 0 bridgehead atoms. The van der Waals surface area contributed by atoms with Crippen LogP contribution in [0, 0.1) is 6.92 Å². The van der Waals surface area contributed by atoms with Gasteiger partial charge in [-0.2, -0.15) is 0 Å². The number of pyridine rings is 2. The first kappa shape index (κ1) is 20.5. The molecule has 5 nitrogen and oxygen atoms in total. The number of aryl methyl sites for hydroxylation is 2. The molecule has 2 heterocycles. The van der Waals surface area contributed by atoms with Crippen LogP contribution in [0.1, 0.15) is 33.6 Å². The predicted molar refractivity (Wildman–Crippen MR) is 123 cm³/mol. The normalized spacial score (nSPS) is 10.9. The Balaban J connectivity index is 1.50. The van der Waals surface area contributed by atoms with E-state index < -0.39 is 0 Å². The van der Waals surface area contributed by atoms with Crippen LogP contribution in [0.3, 0.4) is 0 Å². The number of hydrogen-bond donors (Lipinski definition) is 1. The predicted octanol–water partition coefficient (Wildman–Crippen LogP) is 4.12. The monoisotopic (exact) mass is 411 g/mol. The molecule has 0 aliphatic rings. The Bertz CT molecular complexity index is 1250. The second-order valence-corrected chi connectivity index (χ2v) is 7.63. The van der Waals surface area contributed by atoms with E-state index >= 15 is 0 Å². The summed E-state index contributed by atoms with van der Waals surface area (Å²) in [6.07, 6.45) is 3.51. The summed E-state index contributed by atoms with van der Waals surface area (Å²) in [6.45, 7) is 2.84. The number of fused-ring (bicyclic) bond motifs is 1. The molecular formula is C26H25N3O2. The number of amides is 1. The van der Waals surface area contributed by atoms with Gasteiger partial charge in [0, 0.05) is 12.7 Å². The average molecular weight is 412 g/mol. The van der Waals surface area contributed by atoms with E-state index in [9.17, 15) is 9.59 Å². The van der Waals surface area contributed by atoms with Gasteiger partial charge in [0.25, 0.3) is 11.5 Å². The number of aromatic nitrogens is 2.